The first-order valence-corrected chi connectivity index (χ1v) is 8.50. The van der Waals surface area contributed by atoms with Gasteiger partial charge in [-0.2, -0.15) is 0 Å². The van der Waals surface area contributed by atoms with E-state index in [1.54, 1.807) is 6.07 Å². The summed E-state index contributed by atoms with van der Waals surface area (Å²) in [7, 11) is 0. The molecule has 1 aliphatic rings. The van der Waals surface area contributed by atoms with Gasteiger partial charge in [0.2, 0.25) is 0 Å². The highest BCUT2D eigenvalue weighted by Crippen LogP contribution is 2.35. The zero-order valence-electron chi connectivity index (χ0n) is 13.6. The molecule has 1 heteroatoms. The molecule has 2 aromatic carbocycles. The van der Waals surface area contributed by atoms with Gasteiger partial charge in [0.1, 0.15) is 5.82 Å². The van der Waals surface area contributed by atoms with Crippen molar-refractivity contribution in [1.82, 2.24) is 0 Å². The van der Waals surface area contributed by atoms with Gasteiger partial charge >= 0.3 is 0 Å². The van der Waals surface area contributed by atoms with Crippen molar-refractivity contribution >= 4 is 0 Å². The summed E-state index contributed by atoms with van der Waals surface area (Å²) in [4.78, 5) is 0. The van der Waals surface area contributed by atoms with Crippen LogP contribution in [0.5, 0.6) is 0 Å². The van der Waals surface area contributed by atoms with Gasteiger partial charge in [0.15, 0.2) is 0 Å². The van der Waals surface area contributed by atoms with Gasteiger partial charge in [-0.3, -0.25) is 0 Å². The molecule has 0 amide bonds. The van der Waals surface area contributed by atoms with Gasteiger partial charge in [0, 0.05) is 5.56 Å². The van der Waals surface area contributed by atoms with Crippen LogP contribution in [0.3, 0.4) is 0 Å². The lowest BCUT2D eigenvalue weighted by atomic mass is 9.90. The Bertz CT molecular complexity index is 627. The Morgan fingerprint density at radius 3 is 2.41 bits per heavy atom. The molecule has 0 aromatic heterocycles. The van der Waals surface area contributed by atoms with Crippen LogP contribution in [0.15, 0.2) is 42.5 Å². The van der Waals surface area contributed by atoms with Crippen molar-refractivity contribution in [2.24, 2.45) is 5.92 Å². The van der Waals surface area contributed by atoms with E-state index in [-0.39, 0.29) is 5.82 Å². The van der Waals surface area contributed by atoms with E-state index in [1.165, 1.54) is 43.2 Å². The topological polar surface area (TPSA) is 0 Å². The maximum Gasteiger partial charge on any atom is 0.131 e. The highest BCUT2D eigenvalue weighted by atomic mass is 19.1. The molecule has 2 aromatic rings. The first-order valence-electron chi connectivity index (χ1n) is 8.50. The third kappa shape index (κ3) is 3.40. The number of halogens is 1. The standard InChI is InChI=1S/C21H25F/c1-15-4-3-5-17(9-6-15)19-12-13-20(21(22)14-19)18-10-7-16(2)8-11-18/h7-8,10-15,17H,3-6,9H2,1-2H3. The number of aryl methyl sites for hydroxylation is 1. The summed E-state index contributed by atoms with van der Waals surface area (Å²) in [6.07, 6.45) is 6.26. The highest BCUT2D eigenvalue weighted by molar-refractivity contribution is 5.64. The molecule has 1 aliphatic carbocycles. The van der Waals surface area contributed by atoms with Crippen LogP contribution in [0, 0.1) is 18.7 Å². The van der Waals surface area contributed by atoms with Crippen molar-refractivity contribution in [3.05, 3.63) is 59.4 Å². The lowest BCUT2D eigenvalue weighted by Gasteiger charge is -2.16. The molecule has 0 N–H and O–H groups in total. The molecule has 0 radical (unpaired) electrons. The number of benzene rings is 2. The van der Waals surface area contributed by atoms with Gasteiger partial charge in [0.25, 0.3) is 0 Å². The minimum Gasteiger partial charge on any atom is -0.206 e. The summed E-state index contributed by atoms with van der Waals surface area (Å²) in [5.41, 5.74) is 4.06. The van der Waals surface area contributed by atoms with Crippen molar-refractivity contribution < 1.29 is 4.39 Å². The SMILES string of the molecule is Cc1ccc(-c2ccc(C3CCCC(C)CC3)cc2F)cc1. The van der Waals surface area contributed by atoms with Crippen molar-refractivity contribution in [2.75, 3.05) is 0 Å². The maximum absolute atomic E-state index is 14.6. The average Bonchev–Trinajstić information content (AvgIpc) is 2.73. The smallest absolute Gasteiger partial charge is 0.131 e. The first kappa shape index (κ1) is 15.3. The molecule has 2 atom stereocenters. The first-order chi connectivity index (χ1) is 10.6. The van der Waals surface area contributed by atoms with Crippen molar-refractivity contribution in [3.63, 3.8) is 0 Å². The third-order valence-electron chi connectivity index (χ3n) is 5.08. The minimum absolute atomic E-state index is 0.0846. The van der Waals surface area contributed by atoms with Crippen LogP contribution in [-0.4, -0.2) is 0 Å². The maximum atomic E-state index is 14.6. The van der Waals surface area contributed by atoms with E-state index in [0.717, 1.165) is 11.5 Å². The van der Waals surface area contributed by atoms with Crippen LogP contribution < -0.4 is 0 Å². The van der Waals surface area contributed by atoms with Crippen molar-refractivity contribution in [3.8, 4) is 11.1 Å². The Morgan fingerprint density at radius 2 is 1.68 bits per heavy atom. The molecular weight excluding hydrogens is 271 g/mol. The second kappa shape index (κ2) is 6.64. The second-order valence-corrected chi connectivity index (χ2v) is 6.92. The Balaban J connectivity index is 1.84. The molecular formula is C21H25F. The molecule has 116 valence electrons. The molecule has 0 spiro atoms. The molecule has 0 heterocycles. The van der Waals surface area contributed by atoms with Gasteiger partial charge in [-0.25, -0.2) is 4.39 Å². The summed E-state index contributed by atoms with van der Waals surface area (Å²) in [5, 5.41) is 0. The largest absolute Gasteiger partial charge is 0.206 e. The molecule has 1 fully saturated rings. The van der Waals surface area contributed by atoms with E-state index in [1.807, 2.05) is 30.3 Å². The molecule has 0 bridgehead atoms. The van der Waals surface area contributed by atoms with Gasteiger partial charge in [-0.05, 0) is 48.8 Å². The summed E-state index contributed by atoms with van der Waals surface area (Å²) >= 11 is 0. The molecule has 0 aliphatic heterocycles. The summed E-state index contributed by atoms with van der Waals surface area (Å²) in [6.45, 7) is 4.39. The van der Waals surface area contributed by atoms with Gasteiger partial charge in [-0.15, -0.1) is 0 Å². The van der Waals surface area contributed by atoms with E-state index in [9.17, 15) is 4.39 Å². The van der Waals surface area contributed by atoms with Crippen molar-refractivity contribution in [2.45, 2.75) is 51.9 Å². The highest BCUT2D eigenvalue weighted by Gasteiger charge is 2.19. The van der Waals surface area contributed by atoms with E-state index in [0.29, 0.717) is 11.5 Å². The van der Waals surface area contributed by atoms with Crippen molar-refractivity contribution in [1.29, 1.82) is 0 Å². The van der Waals surface area contributed by atoms with E-state index in [4.69, 9.17) is 0 Å². The lowest BCUT2D eigenvalue weighted by Crippen LogP contribution is -1.99. The fourth-order valence-corrected chi connectivity index (χ4v) is 3.57. The monoisotopic (exact) mass is 296 g/mol. The summed E-state index contributed by atoms with van der Waals surface area (Å²) in [6, 6.07) is 13.9. The molecule has 1 saturated carbocycles. The molecule has 2 unspecified atom stereocenters. The minimum atomic E-state index is -0.0846. The van der Waals surface area contributed by atoms with E-state index >= 15 is 0 Å². The Hall–Kier alpha value is -1.63. The zero-order valence-corrected chi connectivity index (χ0v) is 13.6. The Kier molecular flexibility index (Phi) is 4.61. The Labute approximate surface area is 133 Å². The predicted molar refractivity (Wildman–Crippen MR) is 91.6 cm³/mol. The van der Waals surface area contributed by atoms with Crippen LogP contribution >= 0.6 is 0 Å². The van der Waals surface area contributed by atoms with E-state index < -0.39 is 0 Å². The number of hydrogen-bond donors (Lipinski definition) is 0. The van der Waals surface area contributed by atoms with Crippen LogP contribution in [0.25, 0.3) is 11.1 Å². The van der Waals surface area contributed by atoms with E-state index in [2.05, 4.69) is 19.9 Å². The van der Waals surface area contributed by atoms with Gasteiger partial charge in [0.05, 0.1) is 0 Å². The molecule has 22 heavy (non-hydrogen) atoms. The third-order valence-corrected chi connectivity index (χ3v) is 5.08. The average molecular weight is 296 g/mol. The van der Waals surface area contributed by atoms with Gasteiger partial charge in [-0.1, -0.05) is 68.1 Å². The fraction of sp³-hybridized carbons (Fsp3) is 0.429. The normalized spacial score (nSPS) is 22.3. The molecule has 0 saturated heterocycles. The number of rotatable bonds is 2. The summed E-state index contributed by atoms with van der Waals surface area (Å²) in [5.74, 6) is 1.27. The second-order valence-electron chi connectivity index (χ2n) is 6.92. The predicted octanol–water partition coefficient (Wildman–Crippen LogP) is 6.48. The van der Waals surface area contributed by atoms with Gasteiger partial charge < -0.3 is 0 Å². The molecule has 0 nitrogen and oxygen atoms in total. The van der Waals surface area contributed by atoms with Crippen LogP contribution in [0.1, 0.15) is 56.1 Å². The zero-order chi connectivity index (χ0) is 15.5. The van der Waals surface area contributed by atoms with Crippen LogP contribution in [-0.2, 0) is 0 Å². The quantitative estimate of drug-likeness (QED) is 0.556. The Morgan fingerprint density at radius 1 is 0.909 bits per heavy atom. The summed E-state index contributed by atoms with van der Waals surface area (Å²) < 4.78 is 14.6. The van der Waals surface area contributed by atoms with Crippen LogP contribution in [0.4, 0.5) is 4.39 Å². The molecule has 3 rings (SSSR count). The fourth-order valence-electron chi connectivity index (χ4n) is 3.57. The number of hydrogen-bond acceptors (Lipinski definition) is 0. The lowest BCUT2D eigenvalue weighted by molar-refractivity contribution is 0.499. The van der Waals surface area contributed by atoms with Crippen LogP contribution in [0.2, 0.25) is 0 Å².